The normalized spacial score (nSPS) is 11.2. The molecule has 0 saturated heterocycles. The van der Waals surface area contributed by atoms with Gasteiger partial charge in [0.15, 0.2) is 5.78 Å². The van der Waals surface area contributed by atoms with Crippen LogP contribution in [0.1, 0.15) is 24.5 Å². The molecule has 0 amide bonds. The molecule has 2 nitrogen and oxygen atoms in total. The minimum atomic E-state index is -1.04. The maximum atomic E-state index is 12.3. The highest BCUT2D eigenvalue weighted by atomic mass is 16.1. The molecule has 2 aromatic carbocycles. The van der Waals surface area contributed by atoms with E-state index in [2.05, 4.69) is 0 Å². The van der Waals surface area contributed by atoms with E-state index in [0.29, 0.717) is 6.42 Å². The lowest BCUT2D eigenvalue weighted by Gasteiger charge is -2.28. The summed E-state index contributed by atoms with van der Waals surface area (Å²) in [6.07, 6.45) is 0.417. The molecule has 2 heteroatoms. The van der Waals surface area contributed by atoms with Gasteiger partial charge in [0.2, 0.25) is 0 Å². The second-order valence-corrected chi connectivity index (χ2v) is 4.32. The maximum Gasteiger partial charge on any atom is 0.161 e. The number of hydrogen-bond acceptors (Lipinski definition) is 2. The van der Waals surface area contributed by atoms with E-state index < -0.39 is 5.54 Å². The van der Waals surface area contributed by atoms with Crippen LogP contribution < -0.4 is 5.73 Å². The molecule has 0 unspecified atom stereocenters. The first kappa shape index (κ1) is 12.5. The van der Waals surface area contributed by atoms with Gasteiger partial charge < -0.3 is 5.73 Å². The molecule has 0 bridgehead atoms. The molecule has 0 saturated carbocycles. The average molecular weight is 239 g/mol. The van der Waals surface area contributed by atoms with Gasteiger partial charge in [0.1, 0.15) is 5.54 Å². The third-order valence-corrected chi connectivity index (χ3v) is 3.22. The van der Waals surface area contributed by atoms with Gasteiger partial charge in [-0.05, 0) is 11.1 Å². The van der Waals surface area contributed by atoms with Crippen LogP contribution in [0.4, 0.5) is 0 Å². The zero-order chi connectivity index (χ0) is 13.0. The Morgan fingerprint density at radius 1 is 0.944 bits per heavy atom. The molecule has 0 aliphatic carbocycles. The molecular formula is C16H17NO. The van der Waals surface area contributed by atoms with Gasteiger partial charge in [-0.25, -0.2) is 0 Å². The van der Waals surface area contributed by atoms with Crippen LogP contribution in [0.25, 0.3) is 0 Å². The summed E-state index contributed by atoms with van der Waals surface area (Å²) in [6, 6.07) is 19.1. The Kier molecular flexibility index (Phi) is 3.58. The van der Waals surface area contributed by atoms with Gasteiger partial charge in [0, 0.05) is 6.42 Å². The Balaban J connectivity index is 2.59. The Labute approximate surface area is 107 Å². The second kappa shape index (κ2) is 5.15. The van der Waals surface area contributed by atoms with Crippen LogP contribution in [0, 0.1) is 0 Å². The summed E-state index contributed by atoms with van der Waals surface area (Å²) in [5, 5.41) is 0. The van der Waals surface area contributed by atoms with Crippen LogP contribution in [0.2, 0.25) is 0 Å². The smallest absolute Gasteiger partial charge is 0.161 e. The highest BCUT2D eigenvalue weighted by Crippen LogP contribution is 2.28. The Morgan fingerprint density at radius 3 is 1.67 bits per heavy atom. The summed E-state index contributed by atoms with van der Waals surface area (Å²) >= 11 is 0. The largest absolute Gasteiger partial charge is 0.312 e. The number of hydrogen-bond donors (Lipinski definition) is 1. The van der Waals surface area contributed by atoms with Gasteiger partial charge in [-0.3, -0.25) is 4.79 Å². The zero-order valence-electron chi connectivity index (χ0n) is 10.5. The molecule has 0 radical (unpaired) electrons. The number of carbonyl (C=O) groups excluding carboxylic acids is 1. The number of rotatable bonds is 4. The van der Waals surface area contributed by atoms with E-state index in [1.165, 1.54) is 0 Å². The van der Waals surface area contributed by atoms with Gasteiger partial charge >= 0.3 is 0 Å². The van der Waals surface area contributed by atoms with Crippen LogP contribution in [0.3, 0.4) is 0 Å². The van der Waals surface area contributed by atoms with E-state index in [1.807, 2.05) is 67.6 Å². The van der Waals surface area contributed by atoms with Crippen LogP contribution in [-0.2, 0) is 10.3 Å². The Morgan fingerprint density at radius 2 is 1.33 bits per heavy atom. The number of ketones is 1. The van der Waals surface area contributed by atoms with Gasteiger partial charge in [0.25, 0.3) is 0 Å². The number of benzene rings is 2. The van der Waals surface area contributed by atoms with E-state index in [0.717, 1.165) is 11.1 Å². The molecule has 0 fully saturated rings. The molecule has 0 spiro atoms. The van der Waals surface area contributed by atoms with Crippen molar-refractivity contribution in [2.45, 2.75) is 18.9 Å². The lowest BCUT2D eigenvalue weighted by atomic mass is 9.79. The number of nitrogens with two attached hydrogens (primary N) is 1. The summed E-state index contributed by atoms with van der Waals surface area (Å²) in [7, 11) is 0. The monoisotopic (exact) mass is 239 g/mol. The first-order valence-corrected chi connectivity index (χ1v) is 6.12. The highest BCUT2D eigenvalue weighted by molar-refractivity contribution is 5.92. The minimum absolute atomic E-state index is 0.0277. The van der Waals surface area contributed by atoms with Gasteiger partial charge in [0.05, 0.1) is 0 Å². The molecule has 2 N–H and O–H groups in total. The van der Waals surface area contributed by atoms with Crippen molar-refractivity contribution in [3.05, 3.63) is 71.8 Å². The molecular weight excluding hydrogens is 222 g/mol. The Bertz CT molecular complexity index is 480. The molecule has 0 aliphatic heterocycles. The van der Waals surface area contributed by atoms with E-state index in [1.54, 1.807) is 0 Å². The fourth-order valence-electron chi connectivity index (χ4n) is 2.17. The van der Waals surface area contributed by atoms with Crippen molar-refractivity contribution in [1.82, 2.24) is 0 Å². The van der Waals surface area contributed by atoms with Crippen LogP contribution in [-0.4, -0.2) is 5.78 Å². The molecule has 0 atom stereocenters. The van der Waals surface area contributed by atoms with Crippen molar-refractivity contribution in [2.75, 3.05) is 0 Å². The van der Waals surface area contributed by atoms with Crippen molar-refractivity contribution < 1.29 is 4.79 Å². The molecule has 0 aromatic heterocycles. The second-order valence-electron chi connectivity index (χ2n) is 4.32. The molecule has 2 aromatic rings. The summed E-state index contributed by atoms with van der Waals surface area (Å²) in [5.41, 5.74) is 7.07. The Hall–Kier alpha value is -1.93. The highest BCUT2D eigenvalue weighted by Gasteiger charge is 2.35. The molecule has 0 aliphatic rings. The summed E-state index contributed by atoms with van der Waals surface area (Å²) in [6.45, 7) is 1.84. The predicted molar refractivity (Wildman–Crippen MR) is 73.1 cm³/mol. The molecule has 2 rings (SSSR count). The molecule has 92 valence electrons. The fraction of sp³-hybridized carbons (Fsp3) is 0.188. The van der Waals surface area contributed by atoms with Crippen LogP contribution >= 0.6 is 0 Å². The third kappa shape index (κ3) is 2.07. The third-order valence-electron chi connectivity index (χ3n) is 3.22. The van der Waals surface area contributed by atoms with E-state index in [-0.39, 0.29) is 5.78 Å². The number of carbonyl (C=O) groups is 1. The van der Waals surface area contributed by atoms with E-state index >= 15 is 0 Å². The van der Waals surface area contributed by atoms with Crippen molar-refractivity contribution in [2.24, 2.45) is 5.73 Å². The maximum absolute atomic E-state index is 12.3. The van der Waals surface area contributed by atoms with Crippen LogP contribution in [0.15, 0.2) is 60.7 Å². The quantitative estimate of drug-likeness (QED) is 0.891. The zero-order valence-corrected chi connectivity index (χ0v) is 10.5. The topological polar surface area (TPSA) is 43.1 Å². The van der Waals surface area contributed by atoms with Gasteiger partial charge in [-0.1, -0.05) is 67.6 Å². The van der Waals surface area contributed by atoms with Crippen molar-refractivity contribution in [3.8, 4) is 0 Å². The summed E-state index contributed by atoms with van der Waals surface area (Å²) in [4.78, 5) is 12.3. The summed E-state index contributed by atoms with van der Waals surface area (Å²) < 4.78 is 0. The first-order valence-electron chi connectivity index (χ1n) is 6.12. The van der Waals surface area contributed by atoms with Crippen molar-refractivity contribution >= 4 is 5.78 Å². The summed E-state index contributed by atoms with van der Waals surface area (Å²) in [5.74, 6) is 0.0277. The fourth-order valence-corrected chi connectivity index (χ4v) is 2.17. The van der Waals surface area contributed by atoms with Gasteiger partial charge in [-0.2, -0.15) is 0 Å². The van der Waals surface area contributed by atoms with Crippen molar-refractivity contribution in [1.29, 1.82) is 0 Å². The SMILES string of the molecule is CCC(=O)C(N)(c1ccccc1)c1ccccc1. The van der Waals surface area contributed by atoms with Gasteiger partial charge in [-0.15, -0.1) is 0 Å². The average Bonchev–Trinajstić information content (AvgIpc) is 2.47. The van der Waals surface area contributed by atoms with Crippen molar-refractivity contribution in [3.63, 3.8) is 0 Å². The minimum Gasteiger partial charge on any atom is -0.312 e. The standard InChI is InChI=1S/C16H17NO/c1-2-15(18)16(17,13-9-5-3-6-10-13)14-11-7-4-8-12-14/h3-12H,2,17H2,1H3. The predicted octanol–water partition coefficient (Wildman–Crippen LogP) is 2.87. The van der Waals surface area contributed by atoms with E-state index in [4.69, 9.17) is 5.73 Å². The number of Topliss-reactive ketones (excluding diaryl/α,β-unsaturated/α-hetero) is 1. The lowest BCUT2D eigenvalue weighted by molar-refractivity contribution is -0.122. The first-order chi connectivity index (χ1) is 8.69. The molecule has 18 heavy (non-hydrogen) atoms. The lowest BCUT2D eigenvalue weighted by Crippen LogP contribution is -2.45. The molecule has 0 heterocycles. The van der Waals surface area contributed by atoms with E-state index in [9.17, 15) is 4.79 Å². The van der Waals surface area contributed by atoms with Crippen LogP contribution in [0.5, 0.6) is 0 Å².